The SMILES string of the molecule is O=N[C@@H]1CC2(CCC1=O)OCCO2. The fraction of sp³-hybridized carbons (Fsp3) is 0.875. The monoisotopic (exact) mass is 185 g/mol. The van der Waals surface area contributed by atoms with Crippen molar-refractivity contribution in [3.05, 3.63) is 4.91 Å². The lowest BCUT2D eigenvalue weighted by Gasteiger charge is -2.32. The first-order chi connectivity index (χ1) is 6.26. The van der Waals surface area contributed by atoms with Crippen LogP contribution in [0.15, 0.2) is 5.18 Å². The highest BCUT2D eigenvalue weighted by Gasteiger charge is 2.45. The number of ketones is 1. The minimum atomic E-state index is -0.771. The van der Waals surface area contributed by atoms with Gasteiger partial charge >= 0.3 is 0 Å². The molecule has 1 aliphatic carbocycles. The molecular weight excluding hydrogens is 174 g/mol. The van der Waals surface area contributed by atoms with Crippen molar-refractivity contribution in [1.82, 2.24) is 0 Å². The van der Waals surface area contributed by atoms with Crippen molar-refractivity contribution >= 4 is 5.78 Å². The van der Waals surface area contributed by atoms with Crippen LogP contribution in [0.3, 0.4) is 0 Å². The Kier molecular flexibility index (Phi) is 2.13. The molecule has 0 aromatic rings. The number of Topliss-reactive ketones (excluding diaryl/α,β-unsaturated/α-hetero) is 1. The van der Waals surface area contributed by atoms with E-state index in [0.29, 0.717) is 26.1 Å². The smallest absolute Gasteiger partial charge is 0.171 e. The van der Waals surface area contributed by atoms with E-state index in [9.17, 15) is 9.70 Å². The molecule has 5 heteroatoms. The molecule has 5 nitrogen and oxygen atoms in total. The number of carbonyl (C=O) groups excluding carboxylic acids is 1. The van der Waals surface area contributed by atoms with Crippen molar-refractivity contribution < 1.29 is 14.3 Å². The van der Waals surface area contributed by atoms with E-state index in [2.05, 4.69) is 5.18 Å². The first-order valence-electron chi connectivity index (χ1n) is 4.39. The molecule has 2 rings (SSSR count). The minimum Gasteiger partial charge on any atom is -0.347 e. The van der Waals surface area contributed by atoms with Crippen LogP contribution < -0.4 is 0 Å². The Bertz CT molecular complexity index is 234. The maximum Gasteiger partial charge on any atom is 0.171 e. The summed E-state index contributed by atoms with van der Waals surface area (Å²) in [4.78, 5) is 21.5. The van der Waals surface area contributed by atoms with Crippen LogP contribution in [0.2, 0.25) is 0 Å². The lowest BCUT2D eigenvalue weighted by Crippen LogP contribution is -2.42. The van der Waals surface area contributed by atoms with Gasteiger partial charge in [-0.05, 0) is 0 Å². The molecule has 0 aromatic carbocycles. The Morgan fingerprint density at radius 2 is 2.08 bits per heavy atom. The van der Waals surface area contributed by atoms with Crippen LogP contribution in [0.4, 0.5) is 0 Å². The number of rotatable bonds is 1. The van der Waals surface area contributed by atoms with Crippen LogP contribution in [0.25, 0.3) is 0 Å². The zero-order chi connectivity index (χ0) is 9.31. The molecule has 0 radical (unpaired) electrons. The largest absolute Gasteiger partial charge is 0.347 e. The standard InChI is InChI=1S/C8H11NO4/c10-7-1-2-8(5-6(7)9-11)12-3-4-13-8/h6H,1-5H2/t6-/m1/s1. The molecule has 1 aliphatic heterocycles. The molecule has 72 valence electrons. The minimum absolute atomic E-state index is 0.0975. The van der Waals surface area contributed by atoms with E-state index in [1.165, 1.54) is 0 Å². The summed E-state index contributed by atoms with van der Waals surface area (Å²) in [6, 6.07) is -0.771. The summed E-state index contributed by atoms with van der Waals surface area (Å²) < 4.78 is 10.8. The quantitative estimate of drug-likeness (QED) is 0.561. The Morgan fingerprint density at radius 1 is 1.38 bits per heavy atom. The third kappa shape index (κ3) is 1.49. The van der Waals surface area contributed by atoms with Gasteiger partial charge in [0, 0.05) is 19.3 Å². The number of nitroso groups, excluding NO2 is 1. The first-order valence-corrected chi connectivity index (χ1v) is 4.39. The molecule has 2 aliphatic rings. The molecule has 13 heavy (non-hydrogen) atoms. The number of ether oxygens (including phenoxy) is 2. The Balaban J connectivity index is 2.09. The predicted octanol–water partition coefficient (Wildman–Crippen LogP) is 0.617. The molecule has 1 saturated heterocycles. The molecule has 0 unspecified atom stereocenters. The van der Waals surface area contributed by atoms with Crippen LogP contribution >= 0.6 is 0 Å². The highest BCUT2D eigenvalue weighted by molar-refractivity contribution is 5.85. The molecular formula is C8H11NO4. The second-order valence-corrected chi connectivity index (χ2v) is 3.40. The lowest BCUT2D eigenvalue weighted by molar-refractivity contribution is -0.182. The zero-order valence-electron chi connectivity index (χ0n) is 7.19. The molecule has 0 amide bonds. The van der Waals surface area contributed by atoms with Gasteiger partial charge in [0.25, 0.3) is 0 Å². The fourth-order valence-corrected chi connectivity index (χ4v) is 1.85. The summed E-state index contributed by atoms with van der Waals surface area (Å²) in [5, 5.41) is 2.79. The first kappa shape index (κ1) is 8.77. The lowest BCUT2D eigenvalue weighted by atomic mass is 9.89. The summed E-state index contributed by atoms with van der Waals surface area (Å²) in [6.45, 7) is 1.08. The van der Waals surface area contributed by atoms with Gasteiger partial charge in [0.1, 0.15) is 0 Å². The Labute approximate surface area is 75.4 Å². The summed E-state index contributed by atoms with van der Waals surface area (Å²) in [5.41, 5.74) is 0. The van der Waals surface area contributed by atoms with Gasteiger partial charge in [-0.1, -0.05) is 5.18 Å². The second-order valence-electron chi connectivity index (χ2n) is 3.40. The highest BCUT2D eigenvalue weighted by atomic mass is 16.7. The molecule has 1 saturated carbocycles. The number of carbonyl (C=O) groups is 1. The van der Waals surface area contributed by atoms with Crippen molar-refractivity contribution in [2.75, 3.05) is 13.2 Å². The van der Waals surface area contributed by atoms with Crippen molar-refractivity contribution in [3.63, 3.8) is 0 Å². The average Bonchev–Trinajstić information content (AvgIpc) is 2.59. The maximum atomic E-state index is 11.2. The molecule has 1 atom stereocenters. The van der Waals surface area contributed by atoms with Crippen LogP contribution in [0.5, 0.6) is 0 Å². The van der Waals surface area contributed by atoms with Gasteiger partial charge in [0.05, 0.1) is 13.2 Å². The number of hydrogen-bond donors (Lipinski definition) is 0. The Morgan fingerprint density at radius 3 is 2.69 bits per heavy atom. The van der Waals surface area contributed by atoms with Crippen molar-refractivity contribution in [2.24, 2.45) is 5.18 Å². The average molecular weight is 185 g/mol. The molecule has 0 aromatic heterocycles. The van der Waals surface area contributed by atoms with Crippen molar-refractivity contribution in [2.45, 2.75) is 31.1 Å². The molecule has 0 bridgehead atoms. The normalized spacial score (nSPS) is 32.3. The third-order valence-electron chi connectivity index (χ3n) is 2.57. The van der Waals surface area contributed by atoms with Gasteiger partial charge in [-0.2, -0.15) is 4.91 Å². The van der Waals surface area contributed by atoms with Gasteiger partial charge in [-0.15, -0.1) is 0 Å². The maximum absolute atomic E-state index is 11.2. The van der Waals surface area contributed by atoms with Gasteiger partial charge in [0.2, 0.25) is 0 Å². The van der Waals surface area contributed by atoms with E-state index >= 15 is 0 Å². The van der Waals surface area contributed by atoms with Gasteiger partial charge in [-0.3, -0.25) is 4.79 Å². The van der Waals surface area contributed by atoms with Crippen LogP contribution in [0.1, 0.15) is 19.3 Å². The van der Waals surface area contributed by atoms with Gasteiger partial charge in [-0.25, -0.2) is 0 Å². The fourth-order valence-electron chi connectivity index (χ4n) is 1.85. The second kappa shape index (κ2) is 3.16. The van der Waals surface area contributed by atoms with E-state index in [4.69, 9.17) is 9.47 Å². The molecule has 1 spiro atoms. The zero-order valence-corrected chi connectivity index (χ0v) is 7.19. The topological polar surface area (TPSA) is 65.0 Å². The van der Waals surface area contributed by atoms with Gasteiger partial charge < -0.3 is 9.47 Å². The van der Waals surface area contributed by atoms with Crippen molar-refractivity contribution in [1.29, 1.82) is 0 Å². The summed E-state index contributed by atoms with van der Waals surface area (Å²) in [7, 11) is 0. The van der Waals surface area contributed by atoms with E-state index in [1.807, 2.05) is 0 Å². The molecule has 1 heterocycles. The van der Waals surface area contributed by atoms with Gasteiger partial charge in [0.15, 0.2) is 17.6 Å². The van der Waals surface area contributed by atoms with Crippen LogP contribution in [-0.2, 0) is 14.3 Å². The van der Waals surface area contributed by atoms with Crippen LogP contribution in [-0.4, -0.2) is 30.8 Å². The third-order valence-corrected chi connectivity index (χ3v) is 2.57. The summed E-state index contributed by atoms with van der Waals surface area (Å²) in [5.74, 6) is -0.785. The number of hydrogen-bond acceptors (Lipinski definition) is 5. The van der Waals surface area contributed by atoms with E-state index in [-0.39, 0.29) is 12.2 Å². The van der Waals surface area contributed by atoms with E-state index in [0.717, 1.165) is 0 Å². The molecule has 0 N–H and O–H groups in total. The van der Waals surface area contributed by atoms with E-state index < -0.39 is 11.8 Å². The number of nitrogens with zero attached hydrogens (tertiary/aromatic N) is 1. The van der Waals surface area contributed by atoms with E-state index in [1.54, 1.807) is 0 Å². The Hall–Kier alpha value is -0.810. The van der Waals surface area contributed by atoms with Crippen molar-refractivity contribution in [3.8, 4) is 0 Å². The summed E-state index contributed by atoms with van der Waals surface area (Å²) >= 11 is 0. The predicted molar refractivity (Wildman–Crippen MR) is 43.1 cm³/mol. The summed E-state index contributed by atoms with van der Waals surface area (Å²) in [6.07, 6.45) is 1.17. The van der Waals surface area contributed by atoms with Crippen LogP contribution in [0, 0.1) is 4.91 Å². The molecule has 2 fully saturated rings. The highest BCUT2D eigenvalue weighted by Crippen LogP contribution is 2.35.